The second kappa shape index (κ2) is 8.18. The summed E-state index contributed by atoms with van der Waals surface area (Å²) in [6.07, 6.45) is 4.99. The van der Waals surface area contributed by atoms with Crippen LogP contribution in [0.5, 0.6) is 0 Å². The number of pyridine rings is 2. The predicted molar refractivity (Wildman–Crippen MR) is 107 cm³/mol. The Bertz CT molecular complexity index is 971. The molecular weight excluding hydrogens is 360 g/mol. The first-order valence-electron chi connectivity index (χ1n) is 8.66. The third-order valence-electron chi connectivity index (χ3n) is 4.07. The zero-order chi connectivity index (χ0) is 19.3. The van der Waals surface area contributed by atoms with Crippen LogP contribution in [0, 0.1) is 0 Å². The average Bonchev–Trinajstić information content (AvgIpc) is 2.68. The van der Waals surface area contributed by atoms with Crippen LogP contribution in [0.15, 0.2) is 72.0 Å². The van der Waals surface area contributed by atoms with Crippen molar-refractivity contribution in [2.75, 3.05) is 10.0 Å². The molecule has 3 aromatic rings. The Morgan fingerprint density at radius 1 is 1.00 bits per heavy atom. The zero-order valence-electron chi connectivity index (χ0n) is 15.3. The fourth-order valence-corrected chi connectivity index (χ4v) is 3.54. The maximum absolute atomic E-state index is 12.5. The monoisotopic (exact) mass is 382 g/mol. The lowest BCUT2D eigenvalue weighted by Gasteiger charge is -2.11. The quantitative estimate of drug-likeness (QED) is 0.645. The van der Waals surface area contributed by atoms with Crippen LogP contribution in [-0.4, -0.2) is 18.4 Å². The third kappa shape index (κ3) is 5.04. The van der Waals surface area contributed by atoms with Crippen molar-refractivity contribution in [2.24, 2.45) is 0 Å². The average molecular weight is 382 g/mol. The van der Waals surface area contributed by atoms with E-state index < -0.39 is 10.0 Å². The number of anilines is 2. The third-order valence-corrected chi connectivity index (χ3v) is 5.47. The topological polar surface area (TPSA) is 84.0 Å². The Balaban J connectivity index is 1.64. The SMILES string of the molecule is CC(C)c1ccc(S(=O)(=O)Nc2ccc(NCc3cccnc3)nc2)cc1. The summed E-state index contributed by atoms with van der Waals surface area (Å²) in [5.41, 5.74) is 2.54. The fraction of sp³-hybridized carbons (Fsp3) is 0.200. The van der Waals surface area contributed by atoms with E-state index in [0.29, 0.717) is 24.0 Å². The number of hydrogen-bond donors (Lipinski definition) is 2. The van der Waals surface area contributed by atoms with Crippen molar-refractivity contribution in [2.45, 2.75) is 31.2 Å². The number of benzene rings is 1. The van der Waals surface area contributed by atoms with Gasteiger partial charge < -0.3 is 5.32 Å². The highest BCUT2D eigenvalue weighted by molar-refractivity contribution is 7.92. The van der Waals surface area contributed by atoms with Crippen LogP contribution in [0.3, 0.4) is 0 Å². The lowest BCUT2D eigenvalue weighted by atomic mass is 10.0. The minimum Gasteiger partial charge on any atom is -0.366 e. The Morgan fingerprint density at radius 2 is 1.78 bits per heavy atom. The van der Waals surface area contributed by atoms with Crippen molar-refractivity contribution in [1.82, 2.24) is 9.97 Å². The number of nitrogens with one attached hydrogen (secondary N) is 2. The molecular formula is C20H22N4O2S. The molecule has 0 atom stereocenters. The first kappa shape index (κ1) is 18.8. The van der Waals surface area contributed by atoms with Gasteiger partial charge >= 0.3 is 0 Å². The molecule has 0 spiro atoms. The molecule has 0 radical (unpaired) electrons. The molecule has 6 nitrogen and oxygen atoms in total. The van der Waals surface area contributed by atoms with Crippen LogP contribution < -0.4 is 10.0 Å². The highest BCUT2D eigenvalue weighted by Gasteiger charge is 2.14. The normalized spacial score (nSPS) is 11.4. The molecule has 3 rings (SSSR count). The Morgan fingerprint density at radius 3 is 2.37 bits per heavy atom. The van der Waals surface area contributed by atoms with Gasteiger partial charge in [0.15, 0.2) is 0 Å². The lowest BCUT2D eigenvalue weighted by molar-refractivity contribution is 0.601. The maximum Gasteiger partial charge on any atom is 0.261 e. The van der Waals surface area contributed by atoms with E-state index in [0.717, 1.165) is 11.1 Å². The number of rotatable bonds is 7. The van der Waals surface area contributed by atoms with Crippen LogP contribution in [0.1, 0.15) is 30.9 Å². The summed E-state index contributed by atoms with van der Waals surface area (Å²) in [7, 11) is -3.64. The number of nitrogens with zero attached hydrogens (tertiary/aromatic N) is 2. The molecule has 0 aliphatic rings. The summed E-state index contributed by atoms with van der Waals surface area (Å²) in [6, 6.07) is 14.2. The Hall–Kier alpha value is -2.93. The van der Waals surface area contributed by atoms with Gasteiger partial charge in [-0.15, -0.1) is 0 Å². The molecule has 0 unspecified atom stereocenters. The van der Waals surface area contributed by atoms with Gasteiger partial charge in [0.05, 0.1) is 16.8 Å². The zero-order valence-corrected chi connectivity index (χ0v) is 16.1. The number of sulfonamides is 1. The van der Waals surface area contributed by atoms with E-state index in [1.807, 2.05) is 24.3 Å². The second-order valence-corrected chi connectivity index (χ2v) is 8.16. The summed E-state index contributed by atoms with van der Waals surface area (Å²) in [6.45, 7) is 4.72. The van der Waals surface area contributed by atoms with Gasteiger partial charge in [-0.25, -0.2) is 13.4 Å². The molecule has 2 aromatic heterocycles. The van der Waals surface area contributed by atoms with Gasteiger partial charge in [0.2, 0.25) is 0 Å². The first-order valence-corrected chi connectivity index (χ1v) is 10.1. The minimum atomic E-state index is -3.64. The highest BCUT2D eigenvalue weighted by atomic mass is 32.2. The van der Waals surface area contributed by atoms with E-state index >= 15 is 0 Å². The highest BCUT2D eigenvalue weighted by Crippen LogP contribution is 2.20. The van der Waals surface area contributed by atoms with Gasteiger partial charge in [-0.2, -0.15) is 0 Å². The van der Waals surface area contributed by atoms with Crippen LogP contribution >= 0.6 is 0 Å². The van der Waals surface area contributed by atoms with Crippen molar-refractivity contribution in [3.8, 4) is 0 Å². The van der Waals surface area contributed by atoms with E-state index in [1.165, 1.54) is 6.20 Å². The van der Waals surface area contributed by atoms with E-state index in [1.54, 1.807) is 36.7 Å². The molecule has 140 valence electrons. The molecule has 1 aromatic carbocycles. The molecule has 0 saturated carbocycles. The summed E-state index contributed by atoms with van der Waals surface area (Å²) in [5, 5.41) is 3.17. The Labute approximate surface area is 159 Å². The largest absolute Gasteiger partial charge is 0.366 e. The van der Waals surface area contributed by atoms with Crippen molar-refractivity contribution >= 4 is 21.5 Å². The van der Waals surface area contributed by atoms with Crippen molar-refractivity contribution in [1.29, 1.82) is 0 Å². The smallest absolute Gasteiger partial charge is 0.261 e. The van der Waals surface area contributed by atoms with E-state index in [9.17, 15) is 8.42 Å². The fourth-order valence-electron chi connectivity index (χ4n) is 2.50. The molecule has 0 aliphatic carbocycles. The van der Waals surface area contributed by atoms with Crippen molar-refractivity contribution < 1.29 is 8.42 Å². The molecule has 0 amide bonds. The minimum absolute atomic E-state index is 0.227. The van der Waals surface area contributed by atoms with Crippen LogP contribution in [0.25, 0.3) is 0 Å². The number of aromatic nitrogens is 2. The molecule has 0 fully saturated rings. The summed E-state index contributed by atoms with van der Waals surface area (Å²) < 4.78 is 27.6. The summed E-state index contributed by atoms with van der Waals surface area (Å²) >= 11 is 0. The standard InChI is InChI=1S/C20H22N4O2S/c1-15(2)17-5-8-19(9-6-17)27(25,26)24-18-7-10-20(23-14-18)22-13-16-4-3-11-21-12-16/h3-12,14-15,24H,13H2,1-2H3,(H,22,23). The summed E-state index contributed by atoms with van der Waals surface area (Å²) in [5.74, 6) is 1.01. The van der Waals surface area contributed by atoms with Crippen LogP contribution in [0.4, 0.5) is 11.5 Å². The first-order chi connectivity index (χ1) is 12.9. The van der Waals surface area contributed by atoms with Crippen molar-refractivity contribution in [3.05, 3.63) is 78.2 Å². The molecule has 2 N–H and O–H groups in total. The summed E-state index contributed by atoms with van der Waals surface area (Å²) in [4.78, 5) is 8.54. The van der Waals surface area contributed by atoms with Gasteiger partial charge in [0.1, 0.15) is 5.82 Å². The predicted octanol–water partition coefficient (Wildman–Crippen LogP) is 4.01. The number of hydrogen-bond acceptors (Lipinski definition) is 5. The maximum atomic E-state index is 12.5. The van der Waals surface area contributed by atoms with Gasteiger partial charge in [0.25, 0.3) is 10.0 Å². The Kier molecular flexibility index (Phi) is 5.71. The van der Waals surface area contributed by atoms with Gasteiger partial charge in [-0.3, -0.25) is 9.71 Å². The van der Waals surface area contributed by atoms with Crippen molar-refractivity contribution in [3.63, 3.8) is 0 Å². The molecule has 0 aliphatic heterocycles. The van der Waals surface area contributed by atoms with Gasteiger partial charge in [-0.05, 0) is 47.4 Å². The lowest BCUT2D eigenvalue weighted by Crippen LogP contribution is -2.13. The van der Waals surface area contributed by atoms with E-state index in [-0.39, 0.29) is 4.90 Å². The van der Waals surface area contributed by atoms with Crippen LogP contribution in [0.2, 0.25) is 0 Å². The molecule has 2 heterocycles. The molecule has 27 heavy (non-hydrogen) atoms. The van der Waals surface area contributed by atoms with Crippen LogP contribution in [-0.2, 0) is 16.6 Å². The molecule has 7 heteroatoms. The molecule has 0 saturated heterocycles. The van der Waals surface area contributed by atoms with E-state index in [4.69, 9.17) is 0 Å². The van der Waals surface area contributed by atoms with E-state index in [2.05, 4.69) is 33.9 Å². The molecule has 0 bridgehead atoms. The van der Waals surface area contributed by atoms with Gasteiger partial charge in [0, 0.05) is 18.9 Å². The van der Waals surface area contributed by atoms with Gasteiger partial charge in [-0.1, -0.05) is 32.0 Å². The second-order valence-electron chi connectivity index (χ2n) is 6.48.